The largest absolute Gasteiger partial charge is 0.485 e. The lowest BCUT2D eigenvalue weighted by atomic mass is 10.0. The first-order valence-corrected chi connectivity index (χ1v) is 8.75. The normalized spacial score (nSPS) is 12.0. The number of benzene rings is 2. The smallest absolute Gasteiger partial charge is 0.175 e. The third kappa shape index (κ3) is 4.45. The van der Waals surface area contributed by atoms with Crippen LogP contribution in [0.5, 0.6) is 5.75 Å². The van der Waals surface area contributed by atoms with Crippen molar-refractivity contribution in [3.63, 3.8) is 0 Å². The fourth-order valence-electron chi connectivity index (χ4n) is 2.77. The Morgan fingerprint density at radius 2 is 1.81 bits per heavy atom. The Morgan fingerprint density at radius 1 is 1.00 bits per heavy atom. The molecule has 3 nitrogen and oxygen atoms in total. The molecule has 0 aliphatic heterocycles. The predicted octanol–water partition coefficient (Wildman–Crippen LogP) is 4.94. The first kappa shape index (κ1) is 17.6. The Labute approximate surface area is 154 Å². The van der Waals surface area contributed by atoms with Gasteiger partial charge in [0.1, 0.15) is 11.9 Å². The molecule has 1 aromatic heterocycles. The van der Waals surface area contributed by atoms with E-state index in [0.29, 0.717) is 11.3 Å². The summed E-state index contributed by atoms with van der Waals surface area (Å²) in [7, 11) is 0. The van der Waals surface area contributed by atoms with Gasteiger partial charge in [0.25, 0.3) is 0 Å². The zero-order chi connectivity index (χ0) is 18.2. The number of hydrogen-bond acceptors (Lipinski definition) is 2. The Hall–Kier alpha value is -3.20. The lowest BCUT2D eigenvalue weighted by Crippen LogP contribution is -2.23. The molecule has 0 spiro atoms. The van der Waals surface area contributed by atoms with E-state index in [1.54, 1.807) is 6.07 Å². The van der Waals surface area contributed by atoms with Crippen LogP contribution in [-0.2, 0) is 0 Å². The molecule has 3 heteroatoms. The van der Waals surface area contributed by atoms with E-state index in [1.165, 1.54) is 0 Å². The van der Waals surface area contributed by atoms with Crippen molar-refractivity contribution >= 4 is 18.6 Å². The molecule has 1 unspecified atom stereocenters. The fourth-order valence-corrected chi connectivity index (χ4v) is 2.77. The average Bonchev–Trinajstić information content (AvgIpc) is 2.71. The summed E-state index contributed by atoms with van der Waals surface area (Å²) in [6.07, 6.45) is 9.61. The topological polar surface area (TPSA) is 30.2 Å². The number of aldehydes is 1. The van der Waals surface area contributed by atoms with Gasteiger partial charge in [-0.1, -0.05) is 43.3 Å². The molecular weight excluding hydrogens is 322 g/mol. The van der Waals surface area contributed by atoms with Crippen LogP contribution in [0.2, 0.25) is 0 Å². The molecule has 0 fully saturated rings. The highest BCUT2D eigenvalue weighted by molar-refractivity contribution is 5.79. The molecule has 0 saturated carbocycles. The van der Waals surface area contributed by atoms with Crippen LogP contribution in [0.1, 0.15) is 40.9 Å². The number of ether oxygens (including phenoxy) is 1. The SMILES string of the molecule is CCC(Oc1ccccc1C=O)c1cccc(C=C[n+]2ccccc2)c1. The van der Waals surface area contributed by atoms with E-state index >= 15 is 0 Å². The van der Waals surface area contributed by atoms with Crippen molar-refractivity contribution in [2.75, 3.05) is 0 Å². The number of carbonyl (C=O) groups excluding carboxylic acids is 1. The molecule has 0 N–H and O–H groups in total. The Morgan fingerprint density at radius 3 is 2.58 bits per heavy atom. The third-order valence-corrected chi connectivity index (χ3v) is 4.15. The van der Waals surface area contributed by atoms with E-state index in [0.717, 1.165) is 23.8 Å². The van der Waals surface area contributed by atoms with Crippen LogP contribution in [0.4, 0.5) is 0 Å². The van der Waals surface area contributed by atoms with Crippen molar-refractivity contribution in [3.8, 4) is 5.75 Å². The highest BCUT2D eigenvalue weighted by atomic mass is 16.5. The second-order valence-electron chi connectivity index (χ2n) is 5.98. The van der Waals surface area contributed by atoms with E-state index in [2.05, 4.69) is 31.2 Å². The highest BCUT2D eigenvalue weighted by Gasteiger charge is 2.13. The van der Waals surface area contributed by atoms with Crippen LogP contribution in [0, 0.1) is 0 Å². The average molecular weight is 344 g/mol. The number of nitrogens with zero attached hydrogens (tertiary/aromatic N) is 1. The van der Waals surface area contributed by atoms with Crippen molar-refractivity contribution in [1.29, 1.82) is 0 Å². The molecule has 0 aliphatic rings. The van der Waals surface area contributed by atoms with Gasteiger partial charge in [0.2, 0.25) is 0 Å². The van der Waals surface area contributed by atoms with Crippen LogP contribution in [-0.4, -0.2) is 6.29 Å². The molecule has 0 radical (unpaired) electrons. The van der Waals surface area contributed by atoms with Gasteiger partial charge in [-0.2, -0.15) is 4.57 Å². The highest BCUT2D eigenvalue weighted by Crippen LogP contribution is 2.27. The fraction of sp³-hybridized carbons (Fsp3) is 0.130. The number of aromatic nitrogens is 1. The lowest BCUT2D eigenvalue weighted by Gasteiger charge is -2.19. The zero-order valence-corrected chi connectivity index (χ0v) is 14.8. The van der Waals surface area contributed by atoms with E-state index in [4.69, 9.17) is 4.74 Å². The van der Waals surface area contributed by atoms with Gasteiger partial charge in [0.05, 0.1) is 5.56 Å². The maximum absolute atomic E-state index is 11.2. The first-order valence-electron chi connectivity index (χ1n) is 8.75. The summed E-state index contributed by atoms with van der Waals surface area (Å²) >= 11 is 0. The molecule has 130 valence electrons. The summed E-state index contributed by atoms with van der Waals surface area (Å²) in [5.74, 6) is 0.620. The van der Waals surface area contributed by atoms with Crippen molar-refractivity contribution in [2.45, 2.75) is 19.4 Å². The maximum Gasteiger partial charge on any atom is 0.175 e. The first-order chi connectivity index (χ1) is 12.8. The van der Waals surface area contributed by atoms with Crippen LogP contribution in [0.3, 0.4) is 0 Å². The van der Waals surface area contributed by atoms with Crippen LogP contribution < -0.4 is 9.30 Å². The summed E-state index contributed by atoms with van der Waals surface area (Å²) in [5.41, 5.74) is 2.76. The van der Waals surface area contributed by atoms with Gasteiger partial charge in [-0.15, -0.1) is 0 Å². The number of para-hydroxylation sites is 1. The quantitative estimate of drug-likeness (QED) is 0.449. The number of pyridine rings is 1. The maximum atomic E-state index is 11.2. The Kier molecular flexibility index (Phi) is 5.94. The number of rotatable bonds is 7. The minimum atomic E-state index is -0.103. The molecular formula is C23H22NO2+. The second-order valence-corrected chi connectivity index (χ2v) is 5.98. The van der Waals surface area contributed by atoms with Crippen molar-refractivity contribution < 1.29 is 14.1 Å². The van der Waals surface area contributed by atoms with Gasteiger partial charge in [-0.25, -0.2) is 0 Å². The summed E-state index contributed by atoms with van der Waals surface area (Å²) < 4.78 is 8.13. The molecule has 0 bridgehead atoms. The van der Waals surface area contributed by atoms with Crippen LogP contribution in [0.15, 0.2) is 79.1 Å². The summed E-state index contributed by atoms with van der Waals surface area (Å²) in [5, 5.41) is 0. The Bertz CT molecular complexity index is 887. The molecule has 1 heterocycles. The predicted molar refractivity (Wildman–Crippen MR) is 104 cm³/mol. The summed E-state index contributed by atoms with van der Waals surface area (Å²) in [6, 6.07) is 21.6. The van der Waals surface area contributed by atoms with Crippen LogP contribution in [0.25, 0.3) is 12.3 Å². The van der Waals surface area contributed by atoms with Gasteiger partial charge in [-0.05, 0) is 35.7 Å². The van der Waals surface area contributed by atoms with E-state index in [9.17, 15) is 4.79 Å². The monoisotopic (exact) mass is 344 g/mol. The van der Waals surface area contributed by atoms with Gasteiger partial charge in [0, 0.05) is 18.2 Å². The minimum Gasteiger partial charge on any atom is -0.485 e. The van der Waals surface area contributed by atoms with Gasteiger partial charge >= 0.3 is 0 Å². The molecule has 1 atom stereocenters. The number of carbonyl (C=O) groups is 1. The molecule has 2 aromatic carbocycles. The van der Waals surface area contributed by atoms with Crippen molar-refractivity contribution in [2.24, 2.45) is 0 Å². The molecule has 0 amide bonds. The summed E-state index contributed by atoms with van der Waals surface area (Å²) in [4.78, 5) is 11.2. The molecule has 0 aliphatic carbocycles. The van der Waals surface area contributed by atoms with Gasteiger partial charge in [0.15, 0.2) is 24.9 Å². The van der Waals surface area contributed by atoms with Crippen molar-refractivity contribution in [3.05, 3.63) is 95.8 Å². The van der Waals surface area contributed by atoms with Gasteiger partial charge in [-0.3, -0.25) is 4.79 Å². The Balaban J connectivity index is 1.81. The number of hydrogen-bond donors (Lipinski definition) is 0. The second kappa shape index (κ2) is 8.77. The van der Waals surface area contributed by atoms with Gasteiger partial charge < -0.3 is 4.74 Å². The van der Waals surface area contributed by atoms with E-state index in [-0.39, 0.29) is 6.10 Å². The molecule has 26 heavy (non-hydrogen) atoms. The minimum absolute atomic E-state index is 0.103. The molecule has 3 rings (SSSR count). The van der Waals surface area contributed by atoms with Crippen LogP contribution >= 0.6 is 0 Å². The zero-order valence-electron chi connectivity index (χ0n) is 14.8. The van der Waals surface area contributed by atoms with E-state index in [1.807, 2.05) is 65.6 Å². The standard InChI is InChI=1S/C23H22NO2/c1-2-22(26-23-12-5-4-10-21(23)18-25)20-11-8-9-19(17-20)13-16-24-14-6-3-7-15-24/h3-18,22H,2H2,1H3/q+1. The molecule has 0 saturated heterocycles. The third-order valence-electron chi connectivity index (χ3n) is 4.15. The van der Waals surface area contributed by atoms with E-state index < -0.39 is 0 Å². The van der Waals surface area contributed by atoms with Crippen molar-refractivity contribution in [1.82, 2.24) is 0 Å². The lowest BCUT2D eigenvalue weighted by molar-refractivity contribution is -0.567. The molecule has 3 aromatic rings. The summed E-state index contributed by atoms with van der Waals surface area (Å²) in [6.45, 7) is 2.08.